The molecule has 88 valence electrons. The van der Waals surface area contributed by atoms with Gasteiger partial charge >= 0.3 is 5.97 Å². The molecule has 0 bridgehead atoms. The lowest BCUT2D eigenvalue weighted by atomic mass is 10.2. The van der Waals surface area contributed by atoms with E-state index in [1.165, 1.54) is 10.9 Å². The first kappa shape index (κ1) is 11.0. The van der Waals surface area contributed by atoms with Crippen LogP contribution in [0.4, 0.5) is 5.82 Å². The smallest absolute Gasteiger partial charge is 0.341 e. The number of carboxylic acid groups (broad SMARTS) is 1. The number of nitrogens with two attached hydrogens (primary N) is 1. The number of anilines is 1. The Morgan fingerprint density at radius 1 is 1.35 bits per heavy atom. The van der Waals surface area contributed by atoms with Crippen molar-refractivity contribution in [1.82, 2.24) is 9.78 Å². The van der Waals surface area contributed by atoms with Gasteiger partial charge < -0.3 is 15.9 Å². The van der Waals surface area contributed by atoms with Gasteiger partial charge in [0, 0.05) is 0 Å². The molecule has 2 rings (SSSR count). The van der Waals surface area contributed by atoms with E-state index in [9.17, 15) is 4.79 Å². The molecule has 0 amide bonds. The maximum atomic E-state index is 10.8. The molecule has 4 N–H and O–H groups in total. The van der Waals surface area contributed by atoms with E-state index < -0.39 is 5.97 Å². The summed E-state index contributed by atoms with van der Waals surface area (Å²) in [5.41, 5.74) is 6.51. The van der Waals surface area contributed by atoms with Gasteiger partial charge in [-0.2, -0.15) is 5.10 Å². The Bertz CT molecular complexity index is 546. The van der Waals surface area contributed by atoms with Crippen LogP contribution in [0.25, 0.3) is 0 Å². The zero-order chi connectivity index (χ0) is 12.4. The molecule has 17 heavy (non-hydrogen) atoms. The molecule has 2 aromatic rings. The molecule has 6 nitrogen and oxygen atoms in total. The molecule has 0 aliphatic heterocycles. The van der Waals surface area contributed by atoms with Crippen molar-refractivity contribution < 1.29 is 15.0 Å². The average molecular weight is 233 g/mol. The third-order valence-corrected chi connectivity index (χ3v) is 2.38. The van der Waals surface area contributed by atoms with Gasteiger partial charge in [0.25, 0.3) is 0 Å². The standard InChI is InChI=1S/C11H11N3O3/c12-10-9(11(16)17)5-13-14(10)6-7-1-3-8(15)4-2-7/h1-5,15H,6,12H2,(H,16,17). The maximum absolute atomic E-state index is 10.8. The largest absolute Gasteiger partial charge is 0.508 e. The van der Waals surface area contributed by atoms with E-state index in [-0.39, 0.29) is 17.1 Å². The summed E-state index contributed by atoms with van der Waals surface area (Å²) >= 11 is 0. The van der Waals surface area contributed by atoms with E-state index in [1.54, 1.807) is 24.3 Å². The van der Waals surface area contributed by atoms with Crippen LogP contribution in [0, 0.1) is 0 Å². The Labute approximate surface area is 96.9 Å². The number of benzene rings is 1. The predicted octanol–water partition coefficient (Wildman–Crippen LogP) is 0.917. The second kappa shape index (κ2) is 4.17. The fourth-order valence-electron chi connectivity index (χ4n) is 1.46. The number of aromatic nitrogens is 2. The van der Waals surface area contributed by atoms with Crippen LogP contribution >= 0.6 is 0 Å². The molecule has 0 unspecified atom stereocenters. The van der Waals surface area contributed by atoms with Crippen LogP contribution < -0.4 is 5.73 Å². The number of phenolic OH excluding ortho intramolecular Hbond substituents is 1. The Morgan fingerprint density at radius 3 is 2.53 bits per heavy atom. The normalized spacial score (nSPS) is 10.4. The van der Waals surface area contributed by atoms with Crippen LogP contribution in [0.2, 0.25) is 0 Å². The minimum atomic E-state index is -1.10. The van der Waals surface area contributed by atoms with Crippen molar-refractivity contribution in [2.24, 2.45) is 0 Å². The molecule has 0 radical (unpaired) electrons. The van der Waals surface area contributed by atoms with E-state index in [2.05, 4.69) is 5.10 Å². The molecular formula is C11H11N3O3. The number of aromatic hydroxyl groups is 1. The highest BCUT2D eigenvalue weighted by atomic mass is 16.4. The van der Waals surface area contributed by atoms with Crippen LogP contribution in [-0.2, 0) is 6.54 Å². The monoisotopic (exact) mass is 233 g/mol. The minimum absolute atomic E-state index is 0.0104. The molecule has 0 fully saturated rings. The molecule has 0 saturated heterocycles. The quantitative estimate of drug-likeness (QED) is 0.731. The van der Waals surface area contributed by atoms with Gasteiger partial charge in [-0.25, -0.2) is 9.48 Å². The van der Waals surface area contributed by atoms with Gasteiger partial charge in [-0.15, -0.1) is 0 Å². The second-order valence-corrected chi connectivity index (χ2v) is 3.57. The molecule has 0 saturated carbocycles. The highest BCUT2D eigenvalue weighted by Crippen LogP contribution is 2.15. The van der Waals surface area contributed by atoms with Crippen molar-refractivity contribution in [2.45, 2.75) is 6.54 Å². The Balaban J connectivity index is 2.24. The molecular weight excluding hydrogens is 222 g/mol. The summed E-state index contributed by atoms with van der Waals surface area (Å²) in [6.07, 6.45) is 1.22. The first-order chi connectivity index (χ1) is 8.08. The first-order valence-corrected chi connectivity index (χ1v) is 4.90. The predicted molar refractivity (Wildman–Crippen MR) is 60.8 cm³/mol. The number of nitrogens with zero attached hydrogens (tertiary/aromatic N) is 2. The molecule has 0 aliphatic carbocycles. The van der Waals surface area contributed by atoms with Crippen molar-refractivity contribution >= 4 is 11.8 Å². The molecule has 0 atom stereocenters. The summed E-state index contributed by atoms with van der Waals surface area (Å²) in [4.78, 5) is 10.8. The number of hydrogen-bond donors (Lipinski definition) is 3. The van der Waals surface area contributed by atoms with Crippen LogP contribution in [0.5, 0.6) is 5.75 Å². The average Bonchev–Trinajstić information content (AvgIpc) is 2.64. The summed E-state index contributed by atoms with van der Waals surface area (Å²) < 4.78 is 1.40. The summed E-state index contributed by atoms with van der Waals surface area (Å²) in [6.45, 7) is 0.361. The van der Waals surface area contributed by atoms with Crippen LogP contribution in [0.3, 0.4) is 0 Å². The number of nitrogen functional groups attached to an aromatic ring is 1. The van der Waals surface area contributed by atoms with Crippen molar-refractivity contribution in [2.75, 3.05) is 5.73 Å². The van der Waals surface area contributed by atoms with Crippen molar-refractivity contribution in [3.8, 4) is 5.75 Å². The lowest BCUT2D eigenvalue weighted by Gasteiger charge is -2.04. The molecule has 1 heterocycles. The summed E-state index contributed by atoms with van der Waals surface area (Å²) in [6, 6.07) is 6.54. The minimum Gasteiger partial charge on any atom is -0.508 e. The molecule has 0 spiro atoms. The lowest BCUT2D eigenvalue weighted by molar-refractivity contribution is 0.0698. The number of carbonyl (C=O) groups is 1. The van der Waals surface area contributed by atoms with Crippen LogP contribution in [0.1, 0.15) is 15.9 Å². The fraction of sp³-hybridized carbons (Fsp3) is 0.0909. The zero-order valence-electron chi connectivity index (χ0n) is 8.87. The summed E-state index contributed by atoms with van der Waals surface area (Å²) in [5.74, 6) is -0.807. The fourth-order valence-corrected chi connectivity index (χ4v) is 1.46. The number of phenols is 1. The van der Waals surface area contributed by atoms with E-state index in [1.807, 2.05) is 0 Å². The van der Waals surface area contributed by atoms with E-state index in [4.69, 9.17) is 15.9 Å². The van der Waals surface area contributed by atoms with Crippen molar-refractivity contribution in [3.63, 3.8) is 0 Å². The Hall–Kier alpha value is -2.50. The van der Waals surface area contributed by atoms with E-state index >= 15 is 0 Å². The van der Waals surface area contributed by atoms with Gasteiger partial charge in [-0.3, -0.25) is 0 Å². The van der Waals surface area contributed by atoms with Gasteiger partial charge in [0.2, 0.25) is 0 Å². The van der Waals surface area contributed by atoms with Gasteiger partial charge in [-0.1, -0.05) is 12.1 Å². The van der Waals surface area contributed by atoms with Gasteiger partial charge in [0.15, 0.2) is 0 Å². The zero-order valence-corrected chi connectivity index (χ0v) is 8.87. The molecule has 1 aromatic carbocycles. The summed E-state index contributed by atoms with van der Waals surface area (Å²) in [7, 11) is 0. The number of rotatable bonds is 3. The molecule has 0 aliphatic rings. The van der Waals surface area contributed by atoms with E-state index in [0.717, 1.165) is 5.56 Å². The lowest BCUT2D eigenvalue weighted by Crippen LogP contribution is -2.08. The van der Waals surface area contributed by atoms with E-state index in [0.29, 0.717) is 6.54 Å². The number of hydrogen-bond acceptors (Lipinski definition) is 4. The number of aromatic carboxylic acids is 1. The third-order valence-electron chi connectivity index (χ3n) is 2.38. The highest BCUT2D eigenvalue weighted by Gasteiger charge is 2.13. The van der Waals surface area contributed by atoms with Gasteiger partial charge in [0.05, 0.1) is 12.7 Å². The van der Waals surface area contributed by atoms with Gasteiger partial charge in [-0.05, 0) is 17.7 Å². The Morgan fingerprint density at radius 2 is 2.00 bits per heavy atom. The van der Waals surface area contributed by atoms with Gasteiger partial charge in [0.1, 0.15) is 17.1 Å². The summed E-state index contributed by atoms with van der Waals surface area (Å²) in [5, 5.41) is 21.8. The molecule has 1 aromatic heterocycles. The van der Waals surface area contributed by atoms with Crippen molar-refractivity contribution in [1.29, 1.82) is 0 Å². The Kier molecular flexibility index (Phi) is 2.70. The first-order valence-electron chi connectivity index (χ1n) is 4.90. The maximum Gasteiger partial charge on any atom is 0.341 e. The van der Waals surface area contributed by atoms with Crippen LogP contribution in [-0.4, -0.2) is 26.0 Å². The van der Waals surface area contributed by atoms with Crippen LogP contribution in [0.15, 0.2) is 30.5 Å². The highest BCUT2D eigenvalue weighted by molar-refractivity contribution is 5.92. The number of carboxylic acids is 1. The topological polar surface area (TPSA) is 101 Å². The molecule has 6 heteroatoms. The third kappa shape index (κ3) is 2.20. The second-order valence-electron chi connectivity index (χ2n) is 3.57. The SMILES string of the molecule is Nc1c(C(=O)O)cnn1Cc1ccc(O)cc1. The van der Waals surface area contributed by atoms with Crippen molar-refractivity contribution in [3.05, 3.63) is 41.6 Å².